The molecule has 0 saturated carbocycles. The molecule has 1 heterocycles. The van der Waals surface area contributed by atoms with E-state index in [0.29, 0.717) is 39.9 Å². The first-order chi connectivity index (χ1) is 16.8. The van der Waals surface area contributed by atoms with Crippen molar-refractivity contribution in [1.29, 1.82) is 0 Å². The maximum Gasteiger partial charge on any atom is 0.321 e. The van der Waals surface area contributed by atoms with Crippen LogP contribution in [-0.2, 0) is 6.42 Å². The van der Waals surface area contributed by atoms with Crippen LogP contribution in [0.25, 0.3) is 10.2 Å². The third kappa shape index (κ3) is 6.94. The molecule has 2 aromatic carbocycles. The van der Waals surface area contributed by atoms with Crippen molar-refractivity contribution < 1.29 is 14.3 Å². The summed E-state index contributed by atoms with van der Waals surface area (Å²) in [4.78, 5) is 29.5. The molecule has 0 saturated heterocycles. The number of anilines is 1. The van der Waals surface area contributed by atoms with Gasteiger partial charge in [-0.05, 0) is 61.7 Å². The molecule has 3 rings (SSSR count). The van der Waals surface area contributed by atoms with Crippen LogP contribution in [0.1, 0.15) is 29.8 Å². The number of urea groups is 1. The zero-order chi connectivity index (χ0) is 25.4. The van der Waals surface area contributed by atoms with Gasteiger partial charge in [-0.15, -0.1) is 0 Å². The van der Waals surface area contributed by atoms with Crippen molar-refractivity contribution >= 4 is 50.2 Å². The zero-order valence-electron chi connectivity index (χ0n) is 19.8. The minimum atomic E-state index is -0.341. The molecule has 1 aromatic heterocycles. The van der Waals surface area contributed by atoms with Crippen molar-refractivity contribution in [1.82, 2.24) is 15.6 Å². The summed E-state index contributed by atoms with van der Waals surface area (Å²) in [6.45, 7) is 7.82. The fraction of sp³-hybridized carbons (Fsp3) is 0.192. The summed E-state index contributed by atoms with van der Waals surface area (Å²) in [6.07, 6.45) is 4.03. The number of carbonyl (C=O) groups is 2. The number of hydrogen-bond donors (Lipinski definition) is 3. The van der Waals surface area contributed by atoms with E-state index in [4.69, 9.17) is 16.3 Å². The van der Waals surface area contributed by atoms with Gasteiger partial charge in [0, 0.05) is 12.1 Å². The molecule has 182 valence electrons. The molecular weight excluding hydrogens is 484 g/mol. The maximum atomic E-state index is 12.8. The maximum absolute atomic E-state index is 12.8. The van der Waals surface area contributed by atoms with Gasteiger partial charge < -0.3 is 15.4 Å². The predicted octanol–water partition coefficient (Wildman–Crippen LogP) is 6.00. The highest BCUT2D eigenvalue weighted by Crippen LogP contribution is 2.27. The average Bonchev–Trinajstić information content (AvgIpc) is 3.27. The molecule has 35 heavy (non-hydrogen) atoms. The molecule has 0 fully saturated rings. The number of aromatic nitrogens is 1. The Kier molecular flexibility index (Phi) is 9.05. The normalized spacial score (nSPS) is 12.1. The minimum Gasteiger partial charge on any atom is -0.497 e. The van der Waals surface area contributed by atoms with Crippen LogP contribution in [0.5, 0.6) is 5.75 Å². The van der Waals surface area contributed by atoms with Crippen LogP contribution >= 0.6 is 22.9 Å². The molecule has 9 heteroatoms. The van der Waals surface area contributed by atoms with Gasteiger partial charge in [-0.25, -0.2) is 9.78 Å². The van der Waals surface area contributed by atoms with Crippen LogP contribution in [0.2, 0.25) is 0 Å². The monoisotopic (exact) mass is 510 g/mol. The second-order valence-electron chi connectivity index (χ2n) is 7.53. The summed E-state index contributed by atoms with van der Waals surface area (Å²) in [5.41, 5.74) is 3.49. The molecule has 3 N–H and O–H groups in total. The number of carbonyl (C=O) groups excluding carboxylic acids is 2. The zero-order valence-corrected chi connectivity index (χ0v) is 21.3. The lowest BCUT2D eigenvalue weighted by Gasteiger charge is -2.11. The lowest BCUT2D eigenvalue weighted by Crippen LogP contribution is -2.30. The number of fused-ring (bicyclic) bond motifs is 1. The molecule has 0 aliphatic heterocycles. The first-order valence-corrected chi connectivity index (χ1v) is 12.1. The van der Waals surface area contributed by atoms with E-state index in [9.17, 15) is 9.59 Å². The van der Waals surface area contributed by atoms with E-state index in [1.807, 2.05) is 31.2 Å². The van der Waals surface area contributed by atoms with E-state index in [-0.39, 0.29) is 11.9 Å². The largest absolute Gasteiger partial charge is 0.497 e. The molecule has 0 atom stereocenters. The van der Waals surface area contributed by atoms with E-state index in [2.05, 4.69) is 27.5 Å². The van der Waals surface area contributed by atoms with Gasteiger partial charge in [0.1, 0.15) is 5.75 Å². The molecule has 0 bridgehead atoms. The van der Waals surface area contributed by atoms with Gasteiger partial charge in [0.25, 0.3) is 5.91 Å². The number of rotatable bonds is 9. The predicted molar refractivity (Wildman–Crippen MR) is 143 cm³/mol. The quantitative estimate of drug-likeness (QED) is 0.308. The average molecular weight is 511 g/mol. The van der Waals surface area contributed by atoms with Crippen LogP contribution in [0.3, 0.4) is 0 Å². The number of hydrogen-bond acceptors (Lipinski definition) is 5. The van der Waals surface area contributed by atoms with E-state index in [1.54, 1.807) is 44.4 Å². The van der Waals surface area contributed by atoms with Crippen LogP contribution in [0, 0.1) is 0 Å². The van der Waals surface area contributed by atoms with Crippen molar-refractivity contribution in [2.24, 2.45) is 0 Å². The van der Waals surface area contributed by atoms with Gasteiger partial charge in [0.2, 0.25) is 0 Å². The van der Waals surface area contributed by atoms with E-state index in [1.165, 1.54) is 11.3 Å². The standard InChI is InChI=1S/C26H27ClN4O3S/c1-5-16(3)23(20(27)6-2)30-24(32)18-9-12-21-22(15-18)35-26(29-21)31-25(33)28-14-13-17-7-10-19(34-4)11-8-17/h5-12,15H,1,13-14H2,2-4H3,(H,30,32)(H2,28,29,31,33)/b20-6+,23-16+. The van der Waals surface area contributed by atoms with Gasteiger partial charge in [-0.1, -0.05) is 53.8 Å². The Balaban J connectivity index is 1.62. The highest BCUT2D eigenvalue weighted by Gasteiger charge is 2.14. The number of nitrogens with one attached hydrogen (secondary N) is 3. The van der Waals surface area contributed by atoms with Gasteiger partial charge >= 0.3 is 6.03 Å². The molecule has 0 unspecified atom stereocenters. The summed E-state index contributed by atoms with van der Waals surface area (Å²) < 4.78 is 5.92. The van der Waals surface area contributed by atoms with Crippen molar-refractivity contribution in [3.05, 3.63) is 88.6 Å². The highest BCUT2D eigenvalue weighted by molar-refractivity contribution is 7.22. The summed E-state index contributed by atoms with van der Waals surface area (Å²) in [6, 6.07) is 12.5. The Bertz CT molecular complexity index is 1300. The number of allylic oxidation sites excluding steroid dienone is 4. The van der Waals surface area contributed by atoms with E-state index < -0.39 is 0 Å². The number of thiazole rings is 1. The Morgan fingerprint density at radius 1 is 1.20 bits per heavy atom. The molecule has 3 aromatic rings. The van der Waals surface area contributed by atoms with Crippen molar-refractivity contribution in [2.75, 3.05) is 19.0 Å². The molecule has 7 nitrogen and oxygen atoms in total. The van der Waals surface area contributed by atoms with Crippen molar-refractivity contribution in [3.63, 3.8) is 0 Å². The molecule has 0 aliphatic rings. The smallest absolute Gasteiger partial charge is 0.321 e. The Morgan fingerprint density at radius 2 is 1.94 bits per heavy atom. The second kappa shape index (κ2) is 12.2. The van der Waals surface area contributed by atoms with Gasteiger partial charge in [0.15, 0.2) is 5.13 Å². The van der Waals surface area contributed by atoms with Crippen LogP contribution in [0.4, 0.5) is 9.93 Å². The van der Waals surface area contributed by atoms with Crippen LogP contribution < -0.4 is 20.7 Å². The topological polar surface area (TPSA) is 92.4 Å². The van der Waals surface area contributed by atoms with E-state index in [0.717, 1.165) is 21.6 Å². The minimum absolute atomic E-state index is 0.303. The summed E-state index contributed by atoms with van der Waals surface area (Å²) in [5.74, 6) is 0.489. The molecular formula is C26H27ClN4O3S. The third-order valence-corrected chi connectivity index (χ3v) is 6.50. The number of nitrogens with zero attached hydrogens (tertiary/aromatic N) is 1. The molecule has 0 radical (unpaired) electrons. The van der Waals surface area contributed by atoms with E-state index >= 15 is 0 Å². The number of methoxy groups -OCH3 is 1. The fourth-order valence-electron chi connectivity index (χ4n) is 3.15. The Hall–Kier alpha value is -3.62. The summed E-state index contributed by atoms with van der Waals surface area (Å²) >= 11 is 7.54. The first kappa shape index (κ1) is 26.0. The SMILES string of the molecule is C=C/C(C)=C(NC(=O)c1ccc2nc(NC(=O)NCCc3ccc(OC)cc3)sc2c1)\C(Cl)=C/C. The second-order valence-corrected chi connectivity index (χ2v) is 8.97. The van der Waals surface area contributed by atoms with Gasteiger partial charge in [-0.2, -0.15) is 0 Å². The van der Waals surface area contributed by atoms with Gasteiger partial charge in [0.05, 0.1) is 28.1 Å². The van der Waals surface area contributed by atoms with Crippen molar-refractivity contribution in [3.8, 4) is 5.75 Å². The Morgan fingerprint density at radius 3 is 2.60 bits per heavy atom. The number of halogens is 1. The number of ether oxygens (including phenoxy) is 1. The third-order valence-electron chi connectivity index (χ3n) is 5.16. The van der Waals surface area contributed by atoms with Crippen molar-refractivity contribution in [2.45, 2.75) is 20.3 Å². The lowest BCUT2D eigenvalue weighted by molar-refractivity contribution is 0.0966. The molecule has 0 spiro atoms. The fourth-order valence-corrected chi connectivity index (χ4v) is 4.25. The first-order valence-electron chi connectivity index (χ1n) is 10.9. The van der Waals surface area contributed by atoms with Crippen LogP contribution in [-0.4, -0.2) is 30.6 Å². The number of benzene rings is 2. The number of amides is 3. The van der Waals surface area contributed by atoms with Crippen LogP contribution in [0.15, 0.2) is 77.5 Å². The van der Waals surface area contributed by atoms with Gasteiger partial charge in [-0.3, -0.25) is 10.1 Å². The molecule has 0 aliphatic carbocycles. The highest BCUT2D eigenvalue weighted by atomic mass is 35.5. The summed E-state index contributed by atoms with van der Waals surface area (Å²) in [7, 11) is 1.62. The summed E-state index contributed by atoms with van der Waals surface area (Å²) in [5, 5.41) is 9.30. The molecule has 3 amide bonds. The Labute approximate surface area is 213 Å². The lowest BCUT2D eigenvalue weighted by atomic mass is 10.1.